The van der Waals surface area contributed by atoms with E-state index in [-0.39, 0.29) is 5.91 Å². The number of hydrogen-bond acceptors (Lipinski definition) is 3. The van der Waals surface area contributed by atoms with Gasteiger partial charge in [0.05, 0.1) is 4.88 Å². The highest BCUT2D eigenvalue weighted by molar-refractivity contribution is 7.14. The molecule has 2 rings (SSSR count). The average Bonchev–Trinajstić information content (AvgIpc) is 2.97. The van der Waals surface area contributed by atoms with E-state index >= 15 is 0 Å². The molecule has 0 aliphatic heterocycles. The van der Waals surface area contributed by atoms with Gasteiger partial charge in [0.15, 0.2) is 0 Å². The third-order valence-electron chi connectivity index (χ3n) is 4.53. The Morgan fingerprint density at radius 1 is 1.33 bits per heavy atom. The molecule has 0 unspecified atom stereocenters. The molecule has 1 aliphatic rings. The maximum atomic E-state index is 12.3. The van der Waals surface area contributed by atoms with Crippen LogP contribution in [0.2, 0.25) is 0 Å². The largest absolute Gasteiger partial charge is 0.480 e. The summed E-state index contributed by atoms with van der Waals surface area (Å²) in [5.74, 6) is -0.572. The van der Waals surface area contributed by atoms with Gasteiger partial charge in [0.25, 0.3) is 5.91 Å². The summed E-state index contributed by atoms with van der Waals surface area (Å²) in [6.07, 6.45) is 4.76. The van der Waals surface area contributed by atoms with E-state index in [1.807, 2.05) is 13.0 Å². The fourth-order valence-corrected chi connectivity index (χ4v) is 3.78. The minimum absolute atomic E-state index is 0.253. The van der Waals surface area contributed by atoms with Gasteiger partial charge in [-0.15, -0.1) is 11.3 Å². The molecular formula is C16H23NO3S. The van der Waals surface area contributed by atoms with Crippen molar-refractivity contribution in [1.29, 1.82) is 0 Å². The molecule has 0 radical (unpaired) electrons. The zero-order chi connectivity index (χ0) is 15.5. The quantitative estimate of drug-likeness (QED) is 0.875. The summed E-state index contributed by atoms with van der Waals surface area (Å²) >= 11 is 1.44. The fraction of sp³-hybridized carbons (Fsp3) is 0.625. The third kappa shape index (κ3) is 3.46. The SMILES string of the molecule is CCc1ccc(C(=O)NC2(C(=O)O)CCC(CC)CC2)s1. The number of aliphatic carboxylic acids is 1. The first-order chi connectivity index (χ1) is 10.0. The van der Waals surface area contributed by atoms with Gasteiger partial charge in [0, 0.05) is 4.88 Å². The molecule has 0 aromatic carbocycles. The van der Waals surface area contributed by atoms with Crippen LogP contribution in [0.15, 0.2) is 12.1 Å². The number of nitrogens with one attached hydrogen (secondary N) is 1. The van der Waals surface area contributed by atoms with Gasteiger partial charge in [0.2, 0.25) is 0 Å². The van der Waals surface area contributed by atoms with Crippen LogP contribution in [0, 0.1) is 5.92 Å². The predicted octanol–water partition coefficient (Wildman–Crippen LogP) is 3.46. The Kier molecular flexibility index (Phi) is 5.04. The highest BCUT2D eigenvalue weighted by atomic mass is 32.1. The van der Waals surface area contributed by atoms with Crippen molar-refractivity contribution in [3.63, 3.8) is 0 Å². The van der Waals surface area contributed by atoms with E-state index in [0.717, 1.165) is 30.6 Å². The minimum Gasteiger partial charge on any atom is -0.480 e. The van der Waals surface area contributed by atoms with Crippen molar-refractivity contribution < 1.29 is 14.7 Å². The van der Waals surface area contributed by atoms with Crippen LogP contribution in [0.4, 0.5) is 0 Å². The van der Waals surface area contributed by atoms with Crippen LogP contribution in [0.25, 0.3) is 0 Å². The molecule has 0 saturated heterocycles. The Morgan fingerprint density at radius 3 is 2.48 bits per heavy atom. The zero-order valence-electron chi connectivity index (χ0n) is 12.6. The molecule has 1 aliphatic carbocycles. The molecule has 1 fully saturated rings. The van der Waals surface area contributed by atoms with Crippen LogP contribution in [0.5, 0.6) is 0 Å². The lowest BCUT2D eigenvalue weighted by molar-refractivity contribution is -0.146. The average molecular weight is 309 g/mol. The second-order valence-electron chi connectivity index (χ2n) is 5.81. The van der Waals surface area contributed by atoms with Crippen LogP contribution in [0.3, 0.4) is 0 Å². The second kappa shape index (κ2) is 6.60. The van der Waals surface area contributed by atoms with Gasteiger partial charge >= 0.3 is 5.97 Å². The van der Waals surface area contributed by atoms with Crippen molar-refractivity contribution in [2.45, 2.75) is 57.9 Å². The van der Waals surface area contributed by atoms with Gasteiger partial charge in [-0.3, -0.25) is 4.79 Å². The molecule has 5 heteroatoms. The lowest BCUT2D eigenvalue weighted by Gasteiger charge is -2.37. The first kappa shape index (κ1) is 16.0. The molecule has 1 aromatic heterocycles. The molecule has 1 saturated carbocycles. The monoisotopic (exact) mass is 309 g/mol. The summed E-state index contributed by atoms with van der Waals surface area (Å²) in [5.41, 5.74) is -1.08. The van der Waals surface area contributed by atoms with Gasteiger partial charge in [-0.05, 0) is 50.2 Å². The van der Waals surface area contributed by atoms with Crippen molar-refractivity contribution in [2.75, 3.05) is 0 Å². The van der Waals surface area contributed by atoms with E-state index in [2.05, 4.69) is 12.2 Å². The number of carboxylic acids is 1. The summed E-state index contributed by atoms with van der Waals surface area (Å²) in [5, 5.41) is 12.4. The molecule has 116 valence electrons. The van der Waals surface area contributed by atoms with Crippen molar-refractivity contribution in [1.82, 2.24) is 5.32 Å². The maximum absolute atomic E-state index is 12.3. The lowest BCUT2D eigenvalue weighted by atomic mass is 9.75. The fourth-order valence-electron chi connectivity index (χ4n) is 2.94. The van der Waals surface area contributed by atoms with Gasteiger partial charge in [-0.2, -0.15) is 0 Å². The molecule has 1 aromatic rings. The Bertz CT molecular complexity index is 515. The van der Waals surface area contributed by atoms with Crippen LogP contribution in [-0.4, -0.2) is 22.5 Å². The normalized spacial score (nSPS) is 25.5. The van der Waals surface area contributed by atoms with Gasteiger partial charge in [-0.25, -0.2) is 4.79 Å². The lowest BCUT2D eigenvalue weighted by Crippen LogP contribution is -2.56. The standard InChI is InChI=1S/C16H23NO3S/c1-3-11-7-9-16(10-8-11,15(19)20)17-14(18)13-6-5-12(4-2)21-13/h5-6,11H,3-4,7-10H2,1-2H3,(H,17,18)(H,19,20). The molecule has 0 atom stereocenters. The first-order valence-electron chi connectivity index (χ1n) is 7.65. The van der Waals surface area contributed by atoms with Crippen LogP contribution < -0.4 is 5.32 Å². The molecule has 1 heterocycles. The zero-order valence-corrected chi connectivity index (χ0v) is 13.5. The van der Waals surface area contributed by atoms with Gasteiger partial charge < -0.3 is 10.4 Å². The Hall–Kier alpha value is -1.36. The number of hydrogen-bond donors (Lipinski definition) is 2. The van der Waals surface area contributed by atoms with E-state index in [9.17, 15) is 14.7 Å². The molecule has 1 amide bonds. The van der Waals surface area contributed by atoms with Crippen molar-refractivity contribution in [3.05, 3.63) is 21.9 Å². The Balaban J connectivity index is 2.09. The Labute approximate surface area is 129 Å². The highest BCUT2D eigenvalue weighted by Gasteiger charge is 2.43. The van der Waals surface area contributed by atoms with Crippen LogP contribution >= 0.6 is 11.3 Å². The molecular weight excluding hydrogens is 286 g/mol. The van der Waals surface area contributed by atoms with Gasteiger partial charge in [0.1, 0.15) is 5.54 Å². The number of carbonyl (C=O) groups excluding carboxylic acids is 1. The number of aryl methyl sites for hydroxylation is 1. The third-order valence-corrected chi connectivity index (χ3v) is 5.76. The number of amides is 1. The van der Waals surface area contributed by atoms with Crippen molar-refractivity contribution in [3.8, 4) is 0 Å². The van der Waals surface area contributed by atoms with E-state index in [1.165, 1.54) is 11.3 Å². The van der Waals surface area contributed by atoms with E-state index in [1.54, 1.807) is 6.07 Å². The summed E-state index contributed by atoms with van der Waals surface area (Å²) in [7, 11) is 0. The van der Waals surface area contributed by atoms with Gasteiger partial charge in [-0.1, -0.05) is 20.3 Å². The van der Waals surface area contributed by atoms with Crippen LogP contribution in [-0.2, 0) is 11.2 Å². The smallest absolute Gasteiger partial charge is 0.329 e. The highest BCUT2D eigenvalue weighted by Crippen LogP contribution is 2.34. The number of rotatable bonds is 5. The Morgan fingerprint density at radius 2 is 2.00 bits per heavy atom. The second-order valence-corrected chi connectivity index (χ2v) is 6.98. The van der Waals surface area contributed by atoms with E-state index in [4.69, 9.17) is 0 Å². The summed E-state index contributed by atoms with van der Waals surface area (Å²) in [4.78, 5) is 25.8. The number of carboxylic acid groups (broad SMARTS) is 1. The minimum atomic E-state index is -1.08. The van der Waals surface area contributed by atoms with Crippen molar-refractivity contribution in [2.24, 2.45) is 5.92 Å². The molecule has 0 spiro atoms. The molecule has 2 N–H and O–H groups in total. The van der Waals surface area contributed by atoms with Crippen molar-refractivity contribution >= 4 is 23.2 Å². The summed E-state index contributed by atoms with van der Waals surface area (Å²) in [6.45, 7) is 4.17. The number of carbonyl (C=O) groups is 2. The maximum Gasteiger partial charge on any atom is 0.329 e. The molecule has 21 heavy (non-hydrogen) atoms. The first-order valence-corrected chi connectivity index (χ1v) is 8.47. The summed E-state index contributed by atoms with van der Waals surface area (Å²) < 4.78 is 0. The topological polar surface area (TPSA) is 66.4 Å². The number of thiophene rings is 1. The molecule has 4 nitrogen and oxygen atoms in total. The molecule has 0 bridgehead atoms. The van der Waals surface area contributed by atoms with Crippen LogP contribution in [0.1, 0.15) is 60.5 Å². The summed E-state index contributed by atoms with van der Waals surface area (Å²) in [6, 6.07) is 3.72. The van der Waals surface area contributed by atoms with E-state index < -0.39 is 11.5 Å². The van der Waals surface area contributed by atoms with E-state index in [0.29, 0.717) is 23.6 Å². The predicted molar refractivity (Wildman–Crippen MR) is 83.8 cm³/mol.